The van der Waals surface area contributed by atoms with Gasteiger partial charge in [0.15, 0.2) is 0 Å². The number of rotatable bonds is 3. The largest absolute Gasteiger partial charge is 0.478 e. The Bertz CT molecular complexity index is 1040. The van der Waals surface area contributed by atoms with Gasteiger partial charge in [0, 0.05) is 11.6 Å². The molecule has 1 N–H and O–H groups in total. The zero-order valence-electron chi connectivity index (χ0n) is 16.2. The molecule has 2 aliphatic rings. The highest BCUT2D eigenvalue weighted by atomic mass is 16.4. The molecule has 0 saturated heterocycles. The van der Waals surface area contributed by atoms with Gasteiger partial charge >= 0.3 is 5.97 Å². The molecule has 0 unspecified atom stereocenters. The van der Waals surface area contributed by atoms with Crippen LogP contribution in [0, 0.1) is 0 Å². The molecule has 4 heteroatoms. The lowest BCUT2D eigenvalue weighted by molar-refractivity contribution is 0.0697. The van der Waals surface area contributed by atoms with Crippen LogP contribution < -0.4 is 0 Å². The summed E-state index contributed by atoms with van der Waals surface area (Å²) in [5, 5.41) is 9.38. The molecule has 2 aromatic carbocycles. The molecule has 144 valence electrons. The van der Waals surface area contributed by atoms with Crippen LogP contribution in [0.3, 0.4) is 0 Å². The lowest BCUT2D eigenvalue weighted by atomic mass is 9.90. The van der Waals surface area contributed by atoms with Crippen molar-refractivity contribution in [2.45, 2.75) is 63.8 Å². The molecule has 28 heavy (non-hydrogen) atoms. The number of nitrogens with zero attached hydrogens (tertiary/aromatic N) is 2. The van der Waals surface area contributed by atoms with E-state index < -0.39 is 5.97 Å². The Morgan fingerprint density at radius 1 is 0.929 bits per heavy atom. The first-order valence-electron chi connectivity index (χ1n) is 10.6. The first-order valence-corrected chi connectivity index (χ1v) is 10.6. The minimum atomic E-state index is -0.899. The summed E-state index contributed by atoms with van der Waals surface area (Å²) >= 11 is 0. The third kappa shape index (κ3) is 3.01. The second-order valence-electron chi connectivity index (χ2n) is 8.30. The van der Waals surface area contributed by atoms with Gasteiger partial charge < -0.3 is 9.67 Å². The summed E-state index contributed by atoms with van der Waals surface area (Å²) in [6.07, 6.45) is 11.0. The number of fused-ring (bicyclic) bond motifs is 2. The quantitative estimate of drug-likeness (QED) is 0.632. The maximum Gasteiger partial charge on any atom is 0.335 e. The fraction of sp³-hybridized carbons (Fsp3) is 0.417. The Morgan fingerprint density at radius 3 is 2.50 bits per heavy atom. The SMILES string of the molecule is O=C(O)c1ccc2c(c1)nc(-c1ccc3c(c1)CCCC3)n2C1CCCCC1. The lowest BCUT2D eigenvalue weighted by Crippen LogP contribution is -2.14. The van der Waals surface area contributed by atoms with Crippen LogP contribution in [0.25, 0.3) is 22.4 Å². The van der Waals surface area contributed by atoms with Crippen molar-refractivity contribution in [1.82, 2.24) is 9.55 Å². The van der Waals surface area contributed by atoms with Gasteiger partial charge in [-0.25, -0.2) is 9.78 Å². The van der Waals surface area contributed by atoms with Crippen LogP contribution in [0.2, 0.25) is 0 Å². The maximum atomic E-state index is 11.4. The molecule has 1 fully saturated rings. The number of imidazole rings is 1. The molecule has 2 aliphatic carbocycles. The molecule has 0 radical (unpaired) electrons. The monoisotopic (exact) mass is 374 g/mol. The average Bonchev–Trinajstić information content (AvgIpc) is 3.12. The van der Waals surface area contributed by atoms with Crippen molar-refractivity contribution < 1.29 is 9.90 Å². The third-order valence-corrected chi connectivity index (χ3v) is 6.48. The van der Waals surface area contributed by atoms with Crippen molar-refractivity contribution in [3.63, 3.8) is 0 Å². The number of aryl methyl sites for hydroxylation is 2. The van der Waals surface area contributed by atoms with Crippen LogP contribution in [0.5, 0.6) is 0 Å². The van der Waals surface area contributed by atoms with E-state index in [9.17, 15) is 9.90 Å². The standard InChI is InChI=1S/C24H26N2O2/c27-24(28)19-12-13-22-21(15-19)25-23(26(22)20-8-2-1-3-9-20)18-11-10-16-6-4-5-7-17(16)14-18/h10-15,20H,1-9H2,(H,27,28). The van der Waals surface area contributed by atoms with Gasteiger partial charge in [0.2, 0.25) is 0 Å². The van der Waals surface area contributed by atoms with E-state index in [0.29, 0.717) is 11.6 Å². The fourth-order valence-electron chi connectivity index (χ4n) is 5.02. The van der Waals surface area contributed by atoms with E-state index in [-0.39, 0.29) is 0 Å². The van der Waals surface area contributed by atoms with Gasteiger partial charge in [-0.05, 0) is 73.9 Å². The molecule has 0 amide bonds. The Kier molecular flexibility index (Phi) is 4.42. The fourth-order valence-corrected chi connectivity index (χ4v) is 5.02. The molecule has 0 aliphatic heterocycles. The minimum absolute atomic E-state index is 0.304. The maximum absolute atomic E-state index is 11.4. The zero-order valence-corrected chi connectivity index (χ0v) is 16.2. The van der Waals surface area contributed by atoms with Gasteiger partial charge in [0.25, 0.3) is 0 Å². The number of hydrogen-bond acceptors (Lipinski definition) is 2. The van der Waals surface area contributed by atoms with Crippen molar-refractivity contribution in [3.8, 4) is 11.4 Å². The van der Waals surface area contributed by atoms with Crippen molar-refractivity contribution in [2.24, 2.45) is 0 Å². The summed E-state index contributed by atoms with van der Waals surface area (Å²) in [5.74, 6) is 0.0993. The van der Waals surface area contributed by atoms with Crippen LogP contribution in [0.1, 0.15) is 72.5 Å². The van der Waals surface area contributed by atoms with E-state index in [4.69, 9.17) is 4.98 Å². The van der Waals surface area contributed by atoms with Crippen molar-refractivity contribution >= 4 is 17.0 Å². The van der Waals surface area contributed by atoms with Crippen molar-refractivity contribution in [3.05, 3.63) is 53.1 Å². The summed E-state index contributed by atoms with van der Waals surface area (Å²) in [7, 11) is 0. The molecule has 0 spiro atoms. The van der Waals surface area contributed by atoms with E-state index in [2.05, 4.69) is 22.8 Å². The van der Waals surface area contributed by atoms with Gasteiger partial charge in [0.05, 0.1) is 16.6 Å². The smallest absolute Gasteiger partial charge is 0.335 e. The summed E-state index contributed by atoms with van der Waals surface area (Å²) in [5.41, 5.74) is 6.25. The number of carboxylic acids is 1. The molecule has 4 nitrogen and oxygen atoms in total. The molecular formula is C24H26N2O2. The Labute approximate surface area is 165 Å². The van der Waals surface area contributed by atoms with Gasteiger partial charge in [-0.3, -0.25) is 0 Å². The minimum Gasteiger partial charge on any atom is -0.478 e. The number of carboxylic acid groups (broad SMARTS) is 1. The van der Waals surface area contributed by atoms with Gasteiger partial charge in [-0.1, -0.05) is 31.4 Å². The first-order chi connectivity index (χ1) is 13.7. The van der Waals surface area contributed by atoms with E-state index in [0.717, 1.165) is 23.3 Å². The summed E-state index contributed by atoms with van der Waals surface area (Å²) in [6.45, 7) is 0. The van der Waals surface area contributed by atoms with E-state index in [1.807, 2.05) is 6.07 Å². The number of hydrogen-bond donors (Lipinski definition) is 1. The lowest BCUT2D eigenvalue weighted by Gasteiger charge is -2.26. The molecule has 1 heterocycles. The molecular weight excluding hydrogens is 348 g/mol. The van der Waals surface area contributed by atoms with Crippen LogP contribution >= 0.6 is 0 Å². The predicted octanol–water partition coefficient (Wildman–Crippen LogP) is 5.79. The average molecular weight is 374 g/mol. The van der Waals surface area contributed by atoms with E-state index in [1.54, 1.807) is 12.1 Å². The molecule has 1 aromatic heterocycles. The van der Waals surface area contributed by atoms with Gasteiger partial charge in [-0.2, -0.15) is 0 Å². The molecule has 0 atom stereocenters. The highest BCUT2D eigenvalue weighted by Crippen LogP contribution is 2.37. The van der Waals surface area contributed by atoms with Crippen molar-refractivity contribution in [2.75, 3.05) is 0 Å². The molecule has 5 rings (SSSR count). The van der Waals surface area contributed by atoms with Crippen LogP contribution in [-0.2, 0) is 12.8 Å². The molecule has 0 bridgehead atoms. The van der Waals surface area contributed by atoms with Gasteiger partial charge in [-0.15, -0.1) is 0 Å². The topological polar surface area (TPSA) is 55.1 Å². The van der Waals surface area contributed by atoms with Crippen LogP contribution in [0.15, 0.2) is 36.4 Å². The number of carbonyl (C=O) groups is 1. The summed E-state index contributed by atoms with van der Waals surface area (Å²) in [6, 6.07) is 12.6. The van der Waals surface area contributed by atoms with E-state index >= 15 is 0 Å². The highest BCUT2D eigenvalue weighted by molar-refractivity contribution is 5.93. The zero-order chi connectivity index (χ0) is 19.1. The first kappa shape index (κ1) is 17.5. The number of aromatic nitrogens is 2. The second kappa shape index (κ2) is 7.08. The number of benzene rings is 2. The molecule has 1 saturated carbocycles. The Morgan fingerprint density at radius 2 is 1.71 bits per heavy atom. The Hall–Kier alpha value is -2.62. The third-order valence-electron chi connectivity index (χ3n) is 6.48. The number of aromatic carboxylic acids is 1. The van der Waals surface area contributed by atoms with Crippen LogP contribution in [-0.4, -0.2) is 20.6 Å². The van der Waals surface area contributed by atoms with E-state index in [1.165, 1.54) is 68.1 Å². The summed E-state index contributed by atoms with van der Waals surface area (Å²) in [4.78, 5) is 16.4. The Balaban J connectivity index is 1.68. The predicted molar refractivity (Wildman–Crippen MR) is 111 cm³/mol. The normalized spacial score (nSPS) is 17.6. The van der Waals surface area contributed by atoms with Crippen LogP contribution in [0.4, 0.5) is 0 Å². The van der Waals surface area contributed by atoms with Gasteiger partial charge in [0.1, 0.15) is 5.82 Å². The van der Waals surface area contributed by atoms with Crippen molar-refractivity contribution in [1.29, 1.82) is 0 Å². The highest BCUT2D eigenvalue weighted by Gasteiger charge is 2.23. The molecule has 3 aromatic rings. The second-order valence-corrected chi connectivity index (χ2v) is 8.30. The summed E-state index contributed by atoms with van der Waals surface area (Å²) < 4.78 is 2.39.